The third-order valence-corrected chi connectivity index (χ3v) is 11.2. The predicted molar refractivity (Wildman–Crippen MR) is 228 cm³/mol. The van der Waals surface area contributed by atoms with Gasteiger partial charge < -0.3 is 30.4 Å². The highest BCUT2D eigenvalue weighted by atomic mass is 35.5. The van der Waals surface area contributed by atoms with E-state index < -0.39 is 5.60 Å². The van der Waals surface area contributed by atoms with Crippen LogP contribution < -0.4 is 16.2 Å². The molecule has 4 heterocycles. The molecule has 2 saturated heterocycles. The van der Waals surface area contributed by atoms with Crippen LogP contribution in [0.25, 0.3) is 21.8 Å². The molecule has 306 valence electrons. The third-order valence-electron chi connectivity index (χ3n) is 10.9. The van der Waals surface area contributed by atoms with Crippen molar-refractivity contribution in [3.63, 3.8) is 0 Å². The normalized spacial score (nSPS) is 15.8. The number of aryl methyl sites for hydroxylation is 1. The molecule has 2 aliphatic heterocycles. The number of aliphatic hydroxyl groups is 1. The summed E-state index contributed by atoms with van der Waals surface area (Å²) in [5.74, 6) is -0.283. The highest BCUT2D eigenvalue weighted by molar-refractivity contribution is 6.35. The summed E-state index contributed by atoms with van der Waals surface area (Å²) < 4.78 is 1.42. The summed E-state index contributed by atoms with van der Waals surface area (Å²) in [6, 6.07) is 22.2. The van der Waals surface area contributed by atoms with E-state index in [1.165, 1.54) is 16.5 Å². The summed E-state index contributed by atoms with van der Waals surface area (Å²) in [7, 11) is 2.10. The van der Waals surface area contributed by atoms with Crippen LogP contribution in [0, 0.1) is 6.92 Å². The molecule has 2 aliphatic rings. The average molecular weight is 809 g/mol. The predicted octanol–water partition coefficient (Wildman–Crippen LogP) is 5.12. The fourth-order valence-electron chi connectivity index (χ4n) is 7.20. The first-order valence-electron chi connectivity index (χ1n) is 20.0. The zero-order valence-corrected chi connectivity index (χ0v) is 34.1. The lowest BCUT2D eigenvalue weighted by atomic mass is 9.91. The van der Waals surface area contributed by atoms with Gasteiger partial charge in [0.2, 0.25) is 11.8 Å². The first-order valence-corrected chi connectivity index (χ1v) is 20.4. The fraction of sp³-hybridized carbons (Fsp3) is 0.409. The number of fused-ring (bicyclic) bond motifs is 2. The molecule has 0 atom stereocenters. The molecule has 2 fully saturated rings. The van der Waals surface area contributed by atoms with E-state index in [0.29, 0.717) is 97.4 Å². The zero-order chi connectivity index (χ0) is 41.1. The largest absolute Gasteiger partial charge is 0.388 e. The Morgan fingerprint density at radius 3 is 2.29 bits per heavy atom. The van der Waals surface area contributed by atoms with Gasteiger partial charge in [-0.3, -0.25) is 28.7 Å². The minimum absolute atomic E-state index is 0.00706. The number of carbonyl (C=O) groups is 3. The van der Waals surface area contributed by atoms with E-state index in [4.69, 9.17) is 11.6 Å². The maximum Gasteiger partial charge on any atom is 0.261 e. The van der Waals surface area contributed by atoms with Crippen LogP contribution in [0.15, 0.2) is 90.1 Å². The van der Waals surface area contributed by atoms with E-state index in [-0.39, 0.29) is 29.8 Å². The minimum Gasteiger partial charge on any atom is -0.388 e. The Kier molecular flexibility index (Phi) is 14.6. The van der Waals surface area contributed by atoms with Crippen LogP contribution in [-0.2, 0) is 16.1 Å². The Morgan fingerprint density at radius 2 is 1.57 bits per heavy atom. The van der Waals surface area contributed by atoms with Crippen LogP contribution in [0.4, 0.5) is 5.69 Å². The van der Waals surface area contributed by atoms with Gasteiger partial charge in [-0.1, -0.05) is 53.6 Å². The van der Waals surface area contributed by atoms with Crippen molar-refractivity contribution in [2.24, 2.45) is 0 Å². The van der Waals surface area contributed by atoms with Crippen LogP contribution in [0.1, 0.15) is 54.4 Å². The van der Waals surface area contributed by atoms with Crippen molar-refractivity contribution in [2.45, 2.75) is 57.6 Å². The molecule has 3 N–H and O–H groups in total. The van der Waals surface area contributed by atoms with E-state index in [0.717, 1.165) is 31.6 Å². The van der Waals surface area contributed by atoms with Crippen LogP contribution in [0.2, 0.25) is 5.02 Å². The molecule has 58 heavy (non-hydrogen) atoms. The number of hydrogen-bond donors (Lipinski definition) is 3. The molecule has 7 rings (SSSR count). The molecule has 3 amide bonds. The van der Waals surface area contributed by atoms with Gasteiger partial charge in [-0.05, 0) is 76.1 Å². The number of unbranched alkanes of at least 4 members (excludes halogenated alkanes) is 1. The van der Waals surface area contributed by atoms with Gasteiger partial charge >= 0.3 is 0 Å². The summed E-state index contributed by atoms with van der Waals surface area (Å²) in [4.78, 5) is 66.5. The van der Waals surface area contributed by atoms with Gasteiger partial charge in [-0.2, -0.15) is 0 Å². The van der Waals surface area contributed by atoms with Gasteiger partial charge in [0.15, 0.2) is 0 Å². The van der Waals surface area contributed by atoms with Crippen LogP contribution in [-0.4, -0.2) is 117 Å². The first-order chi connectivity index (χ1) is 28.0. The van der Waals surface area contributed by atoms with Crippen molar-refractivity contribution >= 4 is 56.8 Å². The Morgan fingerprint density at radius 1 is 0.845 bits per heavy atom. The summed E-state index contributed by atoms with van der Waals surface area (Å²) in [5, 5.41) is 18.9. The number of rotatable bonds is 12. The van der Waals surface area contributed by atoms with Gasteiger partial charge in [-0.15, -0.1) is 0 Å². The molecule has 0 radical (unpaired) electrons. The monoisotopic (exact) mass is 808 g/mol. The Bertz CT molecular complexity index is 2250. The molecule has 0 unspecified atom stereocenters. The Labute approximate surface area is 344 Å². The van der Waals surface area contributed by atoms with E-state index in [9.17, 15) is 24.3 Å². The second-order valence-corrected chi connectivity index (χ2v) is 15.8. The molecular weight excluding hydrogens is 756 g/mol. The summed E-state index contributed by atoms with van der Waals surface area (Å²) >= 11 is 6.19. The van der Waals surface area contributed by atoms with E-state index in [1.54, 1.807) is 53.6 Å². The van der Waals surface area contributed by atoms with Gasteiger partial charge in [-0.25, -0.2) is 4.98 Å². The highest BCUT2D eigenvalue weighted by Gasteiger charge is 2.34. The molecule has 0 spiro atoms. The molecule has 3 aromatic carbocycles. The lowest BCUT2D eigenvalue weighted by Gasteiger charge is -2.38. The highest BCUT2D eigenvalue weighted by Crippen LogP contribution is 2.25. The number of piperazine rings is 1. The van der Waals surface area contributed by atoms with Gasteiger partial charge in [0.05, 0.1) is 39.9 Å². The number of carbonyl (C=O) groups excluding carboxylic acids is 3. The molecule has 0 aliphatic carbocycles. The Hall–Kier alpha value is -5.21. The number of aromatic nitrogens is 3. The first kappa shape index (κ1) is 42.4. The van der Waals surface area contributed by atoms with Crippen LogP contribution in [0.3, 0.4) is 0 Å². The van der Waals surface area contributed by atoms with Crippen molar-refractivity contribution in [1.82, 2.24) is 34.6 Å². The van der Waals surface area contributed by atoms with Crippen molar-refractivity contribution in [3.8, 4) is 0 Å². The number of hydrogen-bond acceptors (Lipinski definition) is 9. The van der Waals surface area contributed by atoms with Crippen LogP contribution in [0.5, 0.6) is 0 Å². The molecule has 0 saturated carbocycles. The van der Waals surface area contributed by atoms with Crippen molar-refractivity contribution in [3.05, 3.63) is 112 Å². The van der Waals surface area contributed by atoms with Gasteiger partial charge in [0.25, 0.3) is 11.5 Å². The number of pyridine rings is 1. The van der Waals surface area contributed by atoms with Gasteiger partial charge in [0.1, 0.15) is 0 Å². The molecule has 5 aromatic rings. The summed E-state index contributed by atoms with van der Waals surface area (Å²) in [6.07, 6.45) is 5.72. The molecule has 14 heteroatoms. The molecule has 13 nitrogen and oxygen atoms in total. The maximum absolute atomic E-state index is 13.3. The van der Waals surface area contributed by atoms with Gasteiger partial charge in [0, 0.05) is 88.0 Å². The van der Waals surface area contributed by atoms with Crippen molar-refractivity contribution in [1.29, 1.82) is 0 Å². The molecule has 2 aromatic heterocycles. The third kappa shape index (κ3) is 11.7. The topological polar surface area (TPSA) is 153 Å². The number of halogens is 1. The number of nitrogens with one attached hydrogen (secondary N) is 2. The Balaban J connectivity index is 0.000000732. The number of anilines is 1. The smallest absolute Gasteiger partial charge is 0.261 e. The van der Waals surface area contributed by atoms with E-state index >= 15 is 0 Å². The average Bonchev–Trinajstić information content (AvgIpc) is 3.22. The summed E-state index contributed by atoms with van der Waals surface area (Å²) in [6.45, 7) is 7.98. The number of likely N-dealkylation sites (N-methyl/N-ethyl adjacent to an activating group) is 1. The SMILES string of the molecule is CN1CCN(CCC(=O)Nc2ccc3c(=O)n(CC4(O)CCN(C(=O)CCCCNC(=O)c5ccc6c(Cl)ccnc6c5)CC4)cnc3c2)CC1.Cc1ccccc1. The number of benzene rings is 3. The minimum atomic E-state index is -1.15. The number of piperidine rings is 1. The molecule has 0 bridgehead atoms. The van der Waals surface area contributed by atoms with Crippen LogP contribution >= 0.6 is 11.6 Å². The second kappa shape index (κ2) is 20.0. The van der Waals surface area contributed by atoms with E-state index in [1.807, 2.05) is 18.2 Å². The second-order valence-electron chi connectivity index (χ2n) is 15.4. The maximum atomic E-state index is 13.3. The molecular formula is C44H53ClN8O5. The summed E-state index contributed by atoms with van der Waals surface area (Å²) in [5.41, 5.74) is 2.10. The van der Waals surface area contributed by atoms with Crippen molar-refractivity contribution < 1.29 is 19.5 Å². The number of nitrogens with zero attached hydrogens (tertiary/aromatic N) is 6. The number of likely N-dealkylation sites (tertiary alicyclic amines) is 1. The number of amides is 3. The standard InChI is InChI=1S/C37H45ClN8O5.C7H8/c1-43-18-20-44(21-19-43)15-10-33(47)42-27-6-8-29-32(23-27)41-25-46(36(29)50)24-37(51)11-16-45(17-12-37)34(48)4-2-3-13-40-35(49)26-5-7-28-30(38)9-14-39-31(28)22-26;1-7-5-3-2-4-6-7/h5-9,14,22-23,25,51H,2-4,10-13,15-21,24H2,1H3,(H,40,49)(H,42,47);2-6H,1H3. The lowest BCUT2D eigenvalue weighted by Crippen LogP contribution is -2.49. The van der Waals surface area contributed by atoms with Crippen molar-refractivity contribution in [2.75, 3.05) is 64.7 Å². The quantitative estimate of drug-likeness (QED) is 0.146. The lowest BCUT2D eigenvalue weighted by molar-refractivity contribution is -0.136. The van der Waals surface area contributed by atoms with E-state index in [2.05, 4.69) is 56.5 Å². The zero-order valence-electron chi connectivity index (χ0n) is 33.3. The fourth-order valence-corrected chi connectivity index (χ4v) is 7.42.